The summed E-state index contributed by atoms with van der Waals surface area (Å²) < 4.78 is 4.56. The van der Waals surface area contributed by atoms with E-state index in [4.69, 9.17) is 0 Å². The average Bonchev–Trinajstić information content (AvgIpc) is 2.64. The number of nitrogens with zero attached hydrogens (tertiary/aromatic N) is 1. The minimum atomic E-state index is -0.480. The largest absolute Gasteiger partial charge is 0.453 e. The maximum absolute atomic E-state index is 11.2. The number of ether oxygens (including phenoxy) is 1. The van der Waals surface area contributed by atoms with Gasteiger partial charge in [0.15, 0.2) is 5.96 Å². The van der Waals surface area contributed by atoms with Crippen molar-refractivity contribution in [3.05, 3.63) is 65.2 Å². The molecular weight excluding hydrogens is 316 g/mol. The first-order valence-corrected chi connectivity index (χ1v) is 8.05. The van der Waals surface area contributed by atoms with Gasteiger partial charge in [0.1, 0.15) is 0 Å². The second kappa shape index (κ2) is 9.32. The van der Waals surface area contributed by atoms with Crippen LogP contribution in [0.25, 0.3) is 0 Å². The Bertz CT molecular complexity index is 726. The summed E-state index contributed by atoms with van der Waals surface area (Å²) in [5.41, 5.74) is 4.26. The number of hydrogen-bond donors (Lipinski definition) is 3. The van der Waals surface area contributed by atoms with Crippen LogP contribution >= 0.6 is 0 Å². The van der Waals surface area contributed by atoms with Crippen molar-refractivity contribution in [1.29, 1.82) is 0 Å². The zero-order chi connectivity index (χ0) is 18.1. The number of nitrogens with one attached hydrogen (secondary N) is 3. The van der Waals surface area contributed by atoms with Crippen LogP contribution in [0.5, 0.6) is 0 Å². The Morgan fingerprint density at radius 2 is 1.72 bits per heavy atom. The fourth-order valence-corrected chi connectivity index (χ4v) is 2.27. The summed E-state index contributed by atoms with van der Waals surface area (Å²) in [6.07, 6.45) is -0.480. The highest BCUT2D eigenvalue weighted by molar-refractivity contribution is 5.84. The molecule has 0 saturated heterocycles. The molecule has 2 rings (SSSR count). The Morgan fingerprint density at radius 1 is 1.04 bits per heavy atom. The molecule has 0 bridgehead atoms. The SMILES string of the molecule is CN=C(NCc1ccc(NC(=O)OC)cc1)NCc1ccccc1C. The standard InChI is InChI=1S/C19H24N4O2/c1-14-6-4-5-7-16(14)13-22-18(20-2)21-12-15-8-10-17(11-9-15)23-19(24)25-3/h4-11H,12-13H2,1-3H3,(H,23,24)(H2,20,21,22). The highest BCUT2D eigenvalue weighted by Crippen LogP contribution is 2.10. The van der Waals surface area contributed by atoms with E-state index in [1.165, 1.54) is 18.2 Å². The van der Waals surface area contributed by atoms with Crippen molar-refractivity contribution in [2.24, 2.45) is 4.99 Å². The molecule has 0 unspecified atom stereocenters. The number of carbonyl (C=O) groups excluding carboxylic acids is 1. The van der Waals surface area contributed by atoms with Gasteiger partial charge in [-0.2, -0.15) is 0 Å². The molecule has 0 fully saturated rings. The molecule has 2 aromatic carbocycles. The molecule has 0 atom stereocenters. The first kappa shape index (κ1) is 18.3. The van der Waals surface area contributed by atoms with E-state index in [-0.39, 0.29) is 0 Å². The van der Waals surface area contributed by atoms with Crippen molar-refractivity contribution in [3.63, 3.8) is 0 Å². The first-order chi connectivity index (χ1) is 12.1. The van der Waals surface area contributed by atoms with Gasteiger partial charge in [0.05, 0.1) is 7.11 Å². The van der Waals surface area contributed by atoms with Gasteiger partial charge in [-0.1, -0.05) is 36.4 Å². The Morgan fingerprint density at radius 3 is 2.36 bits per heavy atom. The fourth-order valence-electron chi connectivity index (χ4n) is 2.27. The predicted octanol–water partition coefficient (Wildman–Crippen LogP) is 3.04. The summed E-state index contributed by atoms with van der Waals surface area (Å²) in [4.78, 5) is 15.4. The molecule has 132 valence electrons. The highest BCUT2D eigenvalue weighted by Gasteiger charge is 2.03. The van der Waals surface area contributed by atoms with Crippen LogP contribution in [-0.4, -0.2) is 26.2 Å². The molecule has 0 saturated carbocycles. The molecule has 2 aromatic rings. The van der Waals surface area contributed by atoms with Crippen molar-refractivity contribution in [2.75, 3.05) is 19.5 Å². The molecule has 0 aliphatic heterocycles. The number of aliphatic imine (C=N–C) groups is 1. The van der Waals surface area contributed by atoms with Crippen molar-refractivity contribution in [2.45, 2.75) is 20.0 Å². The summed E-state index contributed by atoms with van der Waals surface area (Å²) in [7, 11) is 3.08. The van der Waals surface area contributed by atoms with Crippen molar-refractivity contribution in [3.8, 4) is 0 Å². The molecule has 0 aromatic heterocycles. The molecule has 0 heterocycles. The molecule has 6 heteroatoms. The second-order valence-corrected chi connectivity index (χ2v) is 5.52. The third-order valence-electron chi connectivity index (χ3n) is 3.78. The van der Waals surface area contributed by atoms with Gasteiger partial charge in [-0.15, -0.1) is 0 Å². The van der Waals surface area contributed by atoms with Crippen LogP contribution < -0.4 is 16.0 Å². The number of rotatable bonds is 5. The average molecular weight is 340 g/mol. The van der Waals surface area contributed by atoms with Gasteiger partial charge in [0.2, 0.25) is 0 Å². The maximum Gasteiger partial charge on any atom is 0.411 e. The van der Waals surface area contributed by atoms with Crippen LogP contribution in [0.2, 0.25) is 0 Å². The summed E-state index contributed by atoms with van der Waals surface area (Å²) in [5.74, 6) is 0.736. The van der Waals surface area contributed by atoms with Crippen LogP contribution in [0.15, 0.2) is 53.5 Å². The Kier molecular flexibility index (Phi) is 6.83. The first-order valence-electron chi connectivity index (χ1n) is 8.05. The molecule has 0 radical (unpaired) electrons. The van der Waals surface area contributed by atoms with E-state index in [0.717, 1.165) is 11.5 Å². The molecule has 1 amide bonds. The summed E-state index contributed by atoms with van der Waals surface area (Å²) in [5, 5.41) is 9.20. The van der Waals surface area contributed by atoms with E-state index < -0.39 is 6.09 Å². The monoisotopic (exact) mass is 340 g/mol. The predicted molar refractivity (Wildman–Crippen MR) is 101 cm³/mol. The van der Waals surface area contributed by atoms with E-state index in [2.05, 4.69) is 44.7 Å². The number of carbonyl (C=O) groups is 1. The van der Waals surface area contributed by atoms with Crippen LogP contribution in [0.3, 0.4) is 0 Å². The summed E-state index contributed by atoms with van der Waals surface area (Å²) in [6, 6.07) is 15.8. The topological polar surface area (TPSA) is 74.8 Å². The molecule has 25 heavy (non-hydrogen) atoms. The van der Waals surface area contributed by atoms with Crippen molar-refractivity contribution < 1.29 is 9.53 Å². The van der Waals surface area contributed by atoms with Crippen molar-refractivity contribution >= 4 is 17.7 Å². The molecule has 0 aliphatic rings. The normalized spacial score (nSPS) is 10.9. The highest BCUT2D eigenvalue weighted by atomic mass is 16.5. The number of methoxy groups -OCH3 is 1. The Labute approximate surface area is 148 Å². The Hall–Kier alpha value is -3.02. The maximum atomic E-state index is 11.2. The summed E-state index contributed by atoms with van der Waals surface area (Å²) >= 11 is 0. The lowest BCUT2D eigenvalue weighted by molar-refractivity contribution is 0.187. The Balaban J connectivity index is 1.84. The van der Waals surface area contributed by atoms with Gasteiger partial charge in [0, 0.05) is 25.8 Å². The van der Waals surface area contributed by atoms with Gasteiger partial charge >= 0.3 is 6.09 Å². The number of anilines is 1. The van der Waals surface area contributed by atoms with Gasteiger partial charge < -0.3 is 15.4 Å². The lowest BCUT2D eigenvalue weighted by atomic mass is 10.1. The number of amides is 1. The molecule has 0 spiro atoms. The van der Waals surface area contributed by atoms with Crippen LogP contribution in [0.4, 0.5) is 10.5 Å². The second-order valence-electron chi connectivity index (χ2n) is 5.52. The number of hydrogen-bond acceptors (Lipinski definition) is 3. The molecule has 3 N–H and O–H groups in total. The zero-order valence-electron chi connectivity index (χ0n) is 14.8. The minimum absolute atomic E-state index is 0.480. The smallest absolute Gasteiger partial charge is 0.411 e. The van der Waals surface area contributed by atoms with E-state index in [1.54, 1.807) is 7.05 Å². The van der Waals surface area contributed by atoms with E-state index in [0.29, 0.717) is 18.8 Å². The fraction of sp³-hybridized carbons (Fsp3) is 0.263. The molecule has 0 aliphatic carbocycles. The third kappa shape index (κ3) is 5.84. The van der Waals surface area contributed by atoms with E-state index in [1.807, 2.05) is 36.4 Å². The minimum Gasteiger partial charge on any atom is -0.453 e. The van der Waals surface area contributed by atoms with Gasteiger partial charge in [0.25, 0.3) is 0 Å². The summed E-state index contributed by atoms with van der Waals surface area (Å²) in [6.45, 7) is 3.44. The number of guanidine groups is 1. The number of aryl methyl sites for hydroxylation is 1. The number of benzene rings is 2. The lowest BCUT2D eigenvalue weighted by Crippen LogP contribution is -2.36. The van der Waals surface area contributed by atoms with Gasteiger partial charge in [-0.3, -0.25) is 10.3 Å². The lowest BCUT2D eigenvalue weighted by Gasteiger charge is -2.13. The van der Waals surface area contributed by atoms with Crippen molar-refractivity contribution in [1.82, 2.24) is 10.6 Å². The molecule has 6 nitrogen and oxygen atoms in total. The van der Waals surface area contributed by atoms with Crippen LogP contribution in [0.1, 0.15) is 16.7 Å². The third-order valence-corrected chi connectivity index (χ3v) is 3.78. The van der Waals surface area contributed by atoms with E-state index >= 15 is 0 Å². The van der Waals surface area contributed by atoms with E-state index in [9.17, 15) is 4.79 Å². The zero-order valence-corrected chi connectivity index (χ0v) is 14.8. The van der Waals surface area contributed by atoms with Gasteiger partial charge in [-0.05, 0) is 35.7 Å². The van der Waals surface area contributed by atoms with Crippen LogP contribution in [0, 0.1) is 6.92 Å². The van der Waals surface area contributed by atoms with Gasteiger partial charge in [-0.25, -0.2) is 4.79 Å². The quantitative estimate of drug-likeness (QED) is 0.578. The van der Waals surface area contributed by atoms with Crippen LogP contribution in [-0.2, 0) is 17.8 Å². The molecular formula is C19H24N4O2.